The number of nitrogens with one attached hydrogen (secondary N) is 1. The van der Waals surface area contributed by atoms with Crippen molar-refractivity contribution in [3.8, 4) is 0 Å². The van der Waals surface area contributed by atoms with Gasteiger partial charge in [0.1, 0.15) is 11.9 Å². The summed E-state index contributed by atoms with van der Waals surface area (Å²) >= 11 is 0. The molecular weight excluding hydrogens is 285 g/mol. The van der Waals surface area contributed by atoms with Gasteiger partial charge in [-0.25, -0.2) is 4.39 Å². The van der Waals surface area contributed by atoms with E-state index < -0.39 is 0 Å². The third kappa shape index (κ3) is 3.08. The second kappa shape index (κ2) is 6.62. The molecule has 0 radical (unpaired) electrons. The van der Waals surface area contributed by atoms with Crippen LogP contribution in [0.3, 0.4) is 0 Å². The summed E-state index contributed by atoms with van der Waals surface area (Å²) in [5.41, 5.74) is 1.47. The zero-order chi connectivity index (χ0) is 15.5. The van der Waals surface area contributed by atoms with Crippen molar-refractivity contribution in [3.05, 3.63) is 24.0 Å². The Hall–Kier alpha value is -1.66. The van der Waals surface area contributed by atoms with Crippen LogP contribution in [-0.4, -0.2) is 56.2 Å². The number of carbonyl (C=O) groups is 1. The molecule has 0 aliphatic carbocycles. The predicted molar refractivity (Wildman–Crippen MR) is 83.7 cm³/mol. The van der Waals surface area contributed by atoms with E-state index in [-0.39, 0.29) is 17.8 Å². The van der Waals surface area contributed by atoms with E-state index in [0.717, 1.165) is 38.5 Å². The number of morpholine rings is 1. The molecule has 6 heteroatoms. The number of halogens is 1. The molecule has 1 aromatic rings. The van der Waals surface area contributed by atoms with Crippen LogP contribution in [0.5, 0.6) is 0 Å². The lowest BCUT2D eigenvalue weighted by atomic mass is 10.1. The maximum atomic E-state index is 13.5. The lowest BCUT2D eigenvalue weighted by Crippen LogP contribution is -2.50. The summed E-state index contributed by atoms with van der Waals surface area (Å²) in [6.07, 6.45) is 0.683. The average molecular weight is 307 g/mol. The van der Waals surface area contributed by atoms with Crippen molar-refractivity contribution in [2.75, 3.05) is 49.6 Å². The van der Waals surface area contributed by atoms with Gasteiger partial charge in [0.25, 0.3) is 0 Å². The number of anilines is 2. The second-order valence-electron chi connectivity index (χ2n) is 5.71. The number of carbonyl (C=O) groups excluding carboxylic acids is 1. The molecule has 2 heterocycles. The molecule has 2 aliphatic rings. The number of nitrogens with zero attached hydrogens (tertiary/aromatic N) is 2. The van der Waals surface area contributed by atoms with E-state index in [2.05, 4.69) is 10.2 Å². The van der Waals surface area contributed by atoms with Crippen LogP contribution in [0.4, 0.5) is 15.8 Å². The fraction of sp³-hybridized carbons (Fsp3) is 0.562. The van der Waals surface area contributed by atoms with Gasteiger partial charge in [-0.3, -0.25) is 9.69 Å². The molecule has 2 aliphatic heterocycles. The van der Waals surface area contributed by atoms with Crippen molar-refractivity contribution in [2.45, 2.75) is 19.4 Å². The van der Waals surface area contributed by atoms with E-state index in [1.165, 1.54) is 12.1 Å². The molecule has 0 saturated carbocycles. The van der Waals surface area contributed by atoms with Gasteiger partial charge in [0.05, 0.1) is 24.6 Å². The van der Waals surface area contributed by atoms with Crippen LogP contribution in [-0.2, 0) is 9.53 Å². The number of hydrogen-bond donors (Lipinski definition) is 1. The van der Waals surface area contributed by atoms with Gasteiger partial charge in [-0.1, -0.05) is 6.92 Å². The molecule has 1 N–H and O–H groups in total. The molecule has 1 fully saturated rings. The zero-order valence-electron chi connectivity index (χ0n) is 12.8. The van der Waals surface area contributed by atoms with Gasteiger partial charge in [-0.15, -0.1) is 0 Å². The van der Waals surface area contributed by atoms with Crippen LogP contribution in [0.1, 0.15) is 13.3 Å². The fourth-order valence-electron chi connectivity index (χ4n) is 2.99. The maximum absolute atomic E-state index is 13.5. The molecule has 0 spiro atoms. The number of fused-ring (bicyclic) bond motifs is 1. The van der Waals surface area contributed by atoms with E-state index in [1.54, 1.807) is 11.0 Å². The highest BCUT2D eigenvalue weighted by atomic mass is 19.1. The quantitative estimate of drug-likeness (QED) is 0.919. The Morgan fingerprint density at radius 2 is 2.09 bits per heavy atom. The summed E-state index contributed by atoms with van der Waals surface area (Å²) < 4.78 is 18.8. The molecule has 0 aromatic heterocycles. The van der Waals surface area contributed by atoms with Gasteiger partial charge >= 0.3 is 0 Å². The highest BCUT2D eigenvalue weighted by molar-refractivity contribution is 6.04. The Bertz CT molecular complexity index is 546. The largest absolute Gasteiger partial charge is 0.379 e. The van der Waals surface area contributed by atoms with Crippen LogP contribution < -0.4 is 10.2 Å². The molecule has 3 rings (SSSR count). The Kier molecular flexibility index (Phi) is 4.59. The molecule has 1 atom stereocenters. The summed E-state index contributed by atoms with van der Waals surface area (Å²) in [5, 5.41) is 3.14. The molecule has 1 aromatic carbocycles. The lowest BCUT2D eigenvalue weighted by molar-refractivity contribution is -0.119. The molecule has 1 amide bonds. The first kappa shape index (κ1) is 15.2. The van der Waals surface area contributed by atoms with Gasteiger partial charge < -0.3 is 15.0 Å². The molecule has 1 saturated heterocycles. The molecule has 120 valence electrons. The van der Waals surface area contributed by atoms with Gasteiger partial charge in [-0.2, -0.15) is 0 Å². The van der Waals surface area contributed by atoms with Gasteiger partial charge in [-0.05, 0) is 24.6 Å². The van der Waals surface area contributed by atoms with Gasteiger partial charge in [0, 0.05) is 26.2 Å². The lowest BCUT2D eigenvalue weighted by Gasteiger charge is -2.36. The number of benzene rings is 1. The van der Waals surface area contributed by atoms with E-state index >= 15 is 0 Å². The average Bonchev–Trinajstić information content (AvgIpc) is 2.54. The predicted octanol–water partition coefficient (Wildman–Crippen LogP) is 1.70. The molecule has 1 unspecified atom stereocenters. The molecular formula is C16H22FN3O2. The first-order valence-electron chi connectivity index (χ1n) is 7.86. The van der Waals surface area contributed by atoms with Crippen molar-refractivity contribution in [1.29, 1.82) is 0 Å². The highest BCUT2D eigenvalue weighted by Gasteiger charge is 2.31. The van der Waals surface area contributed by atoms with Gasteiger partial charge in [0.2, 0.25) is 5.91 Å². The molecule has 5 nitrogen and oxygen atoms in total. The van der Waals surface area contributed by atoms with E-state index in [0.29, 0.717) is 18.7 Å². The third-order valence-corrected chi connectivity index (χ3v) is 4.30. The molecule has 0 bridgehead atoms. The normalized spacial score (nSPS) is 22.4. The van der Waals surface area contributed by atoms with Crippen LogP contribution in [0, 0.1) is 5.82 Å². The Balaban J connectivity index is 1.77. The summed E-state index contributed by atoms with van der Waals surface area (Å²) in [6.45, 7) is 6.67. The van der Waals surface area contributed by atoms with Crippen molar-refractivity contribution in [1.82, 2.24) is 4.90 Å². The van der Waals surface area contributed by atoms with Crippen molar-refractivity contribution in [3.63, 3.8) is 0 Å². The summed E-state index contributed by atoms with van der Waals surface area (Å²) in [7, 11) is 0. The SMILES string of the molecule is CCC1Nc2cc(F)ccc2N(CCN2CCOCC2)C1=O. The number of hydrogen-bond acceptors (Lipinski definition) is 4. The Labute approximate surface area is 130 Å². The van der Waals surface area contributed by atoms with Crippen LogP contribution >= 0.6 is 0 Å². The maximum Gasteiger partial charge on any atom is 0.249 e. The number of amides is 1. The van der Waals surface area contributed by atoms with Crippen molar-refractivity contribution in [2.24, 2.45) is 0 Å². The number of rotatable bonds is 4. The Morgan fingerprint density at radius 3 is 2.82 bits per heavy atom. The summed E-state index contributed by atoms with van der Waals surface area (Å²) in [4.78, 5) is 16.7. The Morgan fingerprint density at radius 1 is 1.32 bits per heavy atom. The minimum atomic E-state index is -0.288. The minimum absolute atomic E-state index is 0.0647. The first-order valence-corrected chi connectivity index (χ1v) is 7.86. The summed E-state index contributed by atoms with van der Waals surface area (Å²) in [5.74, 6) is -0.224. The minimum Gasteiger partial charge on any atom is -0.379 e. The van der Waals surface area contributed by atoms with E-state index in [9.17, 15) is 9.18 Å². The summed E-state index contributed by atoms with van der Waals surface area (Å²) in [6, 6.07) is 4.27. The standard InChI is InChI=1S/C16H22FN3O2/c1-2-13-16(21)20(6-5-19-7-9-22-10-8-19)15-4-3-12(17)11-14(15)18-13/h3-4,11,13,18H,2,5-10H2,1H3. The zero-order valence-corrected chi connectivity index (χ0v) is 12.8. The highest BCUT2D eigenvalue weighted by Crippen LogP contribution is 2.32. The second-order valence-corrected chi connectivity index (χ2v) is 5.71. The smallest absolute Gasteiger partial charge is 0.249 e. The van der Waals surface area contributed by atoms with Crippen molar-refractivity contribution >= 4 is 17.3 Å². The van der Waals surface area contributed by atoms with Gasteiger partial charge in [0.15, 0.2) is 0 Å². The number of ether oxygens (including phenoxy) is 1. The van der Waals surface area contributed by atoms with Crippen LogP contribution in [0.15, 0.2) is 18.2 Å². The topological polar surface area (TPSA) is 44.8 Å². The third-order valence-electron chi connectivity index (χ3n) is 4.30. The van der Waals surface area contributed by atoms with E-state index in [4.69, 9.17) is 4.74 Å². The van der Waals surface area contributed by atoms with Crippen LogP contribution in [0.2, 0.25) is 0 Å². The fourth-order valence-corrected chi connectivity index (χ4v) is 2.99. The van der Waals surface area contributed by atoms with Crippen LogP contribution in [0.25, 0.3) is 0 Å². The van der Waals surface area contributed by atoms with E-state index in [1.807, 2.05) is 6.92 Å². The monoisotopic (exact) mass is 307 g/mol. The first-order chi connectivity index (χ1) is 10.7. The molecule has 22 heavy (non-hydrogen) atoms. The van der Waals surface area contributed by atoms with Crippen molar-refractivity contribution < 1.29 is 13.9 Å².